The van der Waals surface area contributed by atoms with Crippen molar-refractivity contribution in [1.29, 1.82) is 0 Å². The molecule has 3 rings (SSSR count). The average Bonchev–Trinajstić information content (AvgIpc) is 3.18. The number of anilines is 1. The molecule has 130 valence electrons. The number of rotatable bonds is 5. The van der Waals surface area contributed by atoms with Crippen LogP contribution in [0.15, 0.2) is 24.5 Å². The molecule has 2 heterocycles. The Morgan fingerprint density at radius 3 is 2.76 bits per heavy atom. The van der Waals surface area contributed by atoms with Gasteiger partial charge in [-0.25, -0.2) is 4.79 Å². The third kappa shape index (κ3) is 4.00. The van der Waals surface area contributed by atoms with Crippen molar-refractivity contribution >= 4 is 23.1 Å². The monoisotopic (exact) mass is 357 g/mol. The van der Waals surface area contributed by atoms with Crippen LogP contribution in [0.2, 0.25) is 0 Å². The molecule has 2 N–H and O–H groups in total. The van der Waals surface area contributed by atoms with E-state index in [9.17, 15) is 4.79 Å². The van der Waals surface area contributed by atoms with Crippen LogP contribution in [-0.4, -0.2) is 37.5 Å². The molecule has 0 saturated carbocycles. The number of hydrogen-bond donors (Lipinski definition) is 2. The van der Waals surface area contributed by atoms with Gasteiger partial charge in [0.15, 0.2) is 5.82 Å². The highest BCUT2D eigenvalue weighted by Gasteiger charge is 2.12. The molecule has 0 fully saturated rings. The molecule has 9 heteroatoms. The van der Waals surface area contributed by atoms with Crippen LogP contribution in [0.1, 0.15) is 15.6 Å². The minimum absolute atomic E-state index is 0.251. The van der Waals surface area contributed by atoms with Gasteiger partial charge in [0.2, 0.25) is 0 Å². The molecule has 0 unspecified atom stereocenters. The zero-order valence-electron chi connectivity index (χ0n) is 14.3. The standard InChI is InChI=1S/C16H19N7OS/c1-10-12(15-22-18-9-23(15)3)5-4-6-13(10)19-16(24)17-8-7-14-21-20-11(2)25-14/h4-6,9H,7-8H2,1-3H3,(H2,17,19,24). The second-order valence-corrected chi connectivity index (χ2v) is 6.86. The first-order valence-corrected chi connectivity index (χ1v) is 8.64. The lowest BCUT2D eigenvalue weighted by Gasteiger charge is -2.12. The Morgan fingerprint density at radius 2 is 2.08 bits per heavy atom. The van der Waals surface area contributed by atoms with Crippen molar-refractivity contribution in [2.75, 3.05) is 11.9 Å². The summed E-state index contributed by atoms with van der Waals surface area (Å²) in [5.41, 5.74) is 2.61. The first-order valence-electron chi connectivity index (χ1n) is 7.82. The number of carbonyl (C=O) groups excluding carboxylic acids is 1. The minimum Gasteiger partial charge on any atom is -0.337 e. The number of nitrogens with zero attached hydrogens (tertiary/aromatic N) is 5. The van der Waals surface area contributed by atoms with E-state index in [0.717, 1.165) is 32.7 Å². The van der Waals surface area contributed by atoms with Crippen LogP contribution in [0.25, 0.3) is 11.4 Å². The molecule has 0 saturated heterocycles. The van der Waals surface area contributed by atoms with E-state index < -0.39 is 0 Å². The van der Waals surface area contributed by atoms with Gasteiger partial charge in [0.1, 0.15) is 16.3 Å². The van der Waals surface area contributed by atoms with Crippen molar-refractivity contribution in [1.82, 2.24) is 30.3 Å². The molecular weight excluding hydrogens is 338 g/mol. The second-order valence-electron chi connectivity index (χ2n) is 5.59. The maximum Gasteiger partial charge on any atom is 0.319 e. The molecule has 0 spiro atoms. The highest BCUT2D eigenvalue weighted by molar-refractivity contribution is 7.11. The van der Waals surface area contributed by atoms with Gasteiger partial charge in [-0.1, -0.05) is 12.1 Å². The van der Waals surface area contributed by atoms with Crippen LogP contribution in [0.3, 0.4) is 0 Å². The topological polar surface area (TPSA) is 97.6 Å². The third-order valence-corrected chi connectivity index (χ3v) is 4.63. The van der Waals surface area contributed by atoms with E-state index in [-0.39, 0.29) is 6.03 Å². The summed E-state index contributed by atoms with van der Waals surface area (Å²) in [4.78, 5) is 12.1. The van der Waals surface area contributed by atoms with Crippen LogP contribution < -0.4 is 10.6 Å². The normalized spacial score (nSPS) is 10.7. The molecule has 0 radical (unpaired) electrons. The molecule has 8 nitrogen and oxygen atoms in total. The Kier molecular flexibility index (Phi) is 5.03. The molecule has 0 aliphatic rings. The quantitative estimate of drug-likeness (QED) is 0.730. The van der Waals surface area contributed by atoms with Crippen molar-refractivity contribution < 1.29 is 4.79 Å². The Morgan fingerprint density at radius 1 is 1.24 bits per heavy atom. The van der Waals surface area contributed by atoms with Crippen LogP contribution in [-0.2, 0) is 13.5 Å². The van der Waals surface area contributed by atoms with E-state index >= 15 is 0 Å². The highest BCUT2D eigenvalue weighted by atomic mass is 32.1. The minimum atomic E-state index is -0.251. The number of benzene rings is 1. The van der Waals surface area contributed by atoms with Gasteiger partial charge in [0, 0.05) is 31.3 Å². The lowest BCUT2D eigenvalue weighted by Crippen LogP contribution is -2.30. The number of aryl methyl sites for hydroxylation is 2. The summed E-state index contributed by atoms with van der Waals surface area (Å²) in [6, 6.07) is 5.46. The second kappa shape index (κ2) is 7.39. The van der Waals surface area contributed by atoms with Crippen LogP contribution in [0.4, 0.5) is 10.5 Å². The van der Waals surface area contributed by atoms with Crippen LogP contribution in [0.5, 0.6) is 0 Å². The molecule has 3 aromatic rings. The Balaban J connectivity index is 1.62. The van der Waals surface area contributed by atoms with Gasteiger partial charge in [-0.3, -0.25) is 0 Å². The predicted molar refractivity (Wildman–Crippen MR) is 96.5 cm³/mol. The lowest BCUT2D eigenvalue weighted by atomic mass is 10.1. The highest BCUT2D eigenvalue weighted by Crippen LogP contribution is 2.26. The number of nitrogens with one attached hydrogen (secondary N) is 2. The first kappa shape index (κ1) is 17.0. The van der Waals surface area contributed by atoms with Crippen LogP contribution in [0, 0.1) is 13.8 Å². The van der Waals surface area contributed by atoms with E-state index in [1.54, 1.807) is 6.33 Å². The molecule has 1 aromatic carbocycles. The summed E-state index contributed by atoms with van der Waals surface area (Å²) < 4.78 is 1.84. The largest absolute Gasteiger partial charge is 0.337 e. The Bertz CT molecular complexity index is 886. The average molecular weight is 357 g/mol. The maximum absolute atomic E-state index is 12.1. The van der Waals surface area contributed by atoms with Crippen molar-refractivity contribution in [2.24, 2.45) is 7.05 Å². The van der Waals surface area contributed by atoms with Gasteiger partial charge in [-0.15, -0.1) is 31.7 Å². The van der Waals surface area contributed by atoms with Gasteiger partial charge in [-0.05, 0) is 25.5 Å². The predicted octanol–water partition coefficient (Wildman–Crippen LogP) is 2.31. The van der Waals surface area contributed by atoms with Gasteiger partial charge in [0.25, 0.3) is 0 Å². The number of urea groups is 1. The van der Waals surface area contributed by atoms with Gasteiger partial charge in [-0.2, -0.15) is 0 Å². The zero-order valence-corrected chi connectivity index (χ0v) is 15.1. The summed E-state index contributed by atoms with van der Waals surface area (Å²) in [6.45, 7) is 4.36. The van der Waals surface area contributed by atoms with Gasteiger partial charge < -0.3 is 15.2 Å². The molecule has 2 aromatic heterocycles. The lowest BCUT2D eigenvalue weighted by molar-refractivity contribution is 0.252. The van der Waals surface area contributed by atoms with Crippen molar-refractivity contribution in [3.05, 3.63) is 40.1 Å². The van der Waals surface area contributed by atoms with Crippen molar-refractivity contribution in [2.45, 2.75) is 20.3 Å². The maximum atomic E-state index is 12.1. The number of carbonyl (C=O) groups is 1. The number of aromatic nitrogens is 5. The van der Waals surface area contributed by atoms with Gasteiger partial charge in [0.05, 0.1) is 0 Å². The Labute approximate surface area is 149 Å². The molecule has 0 aliphatic heterocycles. The fraction of sp³-hybridized carbons (Fsp3) is 0.312. The first-order chi connectivity index (χ1) is 12.0. The Hall–Kier alpha value is -2.81. The summed E-state index contributed by atoms with van der Waals surface area (Å²) >= 11 is 1.54. The molecular formula is C16H19N7OS. The number of amides is 2. The molecule has 2 amide bonds. The molecule has 0 bridgehead atoms. The molecule has 0 atom stereocenters. The van der Waals surface area contributed by atoms with Gasteiger partial charge >= 0.3 is 6.03 Å². The summed E-state index contributed by atoms with van der Waals surface area (Å²) in [6.07, 6.45) is 2.31. The summed E-state index contributed by atoms with van der Waals surface area (Å²) in [7, 11) is 1.89. The van der Waals surface area contributed by atoms with E-state index in [2.05, 4.69) is 31.0 Å². The van der Waals surface area contributed by atoms with E-state index in [4.69, 9.17) is 0 Å². The van der Waals surface area contributed by atoms with E-state index in [0.29, 0.717) is 13.0 Å². The SMILES string of the molecule is Cc1nnc(CCNC(=O)Nc2cccc(-c3nncn3C)c2C)s1. The summed E-state index contributed by atoms with van der Waals surface area (Å²) in [5.74, 6) is 0.758. The smallest absolute Gasteiger partial charge is 0.319 e. The molecule has 25 heavy (non-hydrogen) atoms. The van der Waals surface area contributed by atoms with E-state index in [1.165, 1.54) is 11.3 Å². The molecule has 0 aliphatic carbocycles. The van der Waals surface area contributed by atoms with Crippen molar-refractivity contribution in [3.8, 4) is 11.4 Å². The number of hydrogen-bond acceptors (Lipinski definition) is 6. The summed E-state index contributed by atoms with van der Waals surface area (Å²) in [5, 5.41) is 23.6. The van der Waals surface area contributed by atoms with Crippen molar-refractivity contribution in [3.63, 3.8) is 0 Å². The zero-order chi connectivity index (χ0) is 17.8. The third-order valence-electron chi connectivity index (χ3n) is 3.73. The fourth-order valence-electron chi connectivity index (χ4n) is 2.43. The van der Waals surface area contributed by atoms with E-state index in [1.807, 2.05) is 43.7 Å². The van der Waals surface area contributed by atoms with Crippen LogP contribution >= 0.6 is 11.3 Å². The fourth-order valence-corrected chi connectivity index (χ4v) is 3.14.